The Kier molecular flexibility index (Phi) is 4.66. The third kappa shape index (κ3) is 3.45. The molecule has 0 saturated carbocycles. The van der Waals surface area contributed by atoms with E-state index in [0.29, 0.717) is 42.8 Å². The number of aromatic nitrogens is 1. The molecule has 4 rings (SSSR count). The summed E-state index contributed by atoms with van der Waals surface area (Å²) in [5.74, 6) is 2.14. The fraction of sp³-hybridized carbons (Fsp3) is 0.444. The minimum absolute atomic E-state index is 0.0772. The maximum atomic E-state index is 12.6. The minimum atomic E-state index is -0.148. The highest BCUT2D eigenvalue weighted by atomic mass is 16.7. The Labute approximate surface area is 150 Å². The molecule has 26 heavy (non-hydrogen) atoms. The van der Waals surface area contributed by atoms with Gasteiger partial charge < -0.3 is 28.3 Å². The molecule has 3 heterocycles. The number of carbonyl (C=O) groups is 1. The monoisotopic (exact) mass is 360 g/mol. The van der Waals surface area contributed by atoms with Gasteiger partial charge in [-0.3, -0.25) is 4.79 Å². The summed E-state index contributed by atoms with van der Waals surface area (Å²) in [6, 6.07) is 5.31. The largest absolute Gasteiger partial charge is 0.484 e. The predicted molar refractivity (Wildman–Crippen MR) is 89.3 cm³/mol. The van der Waals surface area contributed by atoms with Crippen LogP contribution >= 0.6 is 0 Å². The van der Waals surface area contributed by atoms with E-state index in [1.54, 1.807) is 23.1 Å². The van der Waals surface area contributed by atoms with Gasteiger partial charge in [0.05, 0.1) is 12.7 Å². The molecule has 8 heteroatoms. The molecule has 0 bridgehead atoms. The van der Waals surface area contributed by atoms with Crippen LogP contribution in [0, 0.1) is 0 Å². The van der Waals surface area contributed by atoms with E-state index in [2.05, 4.69) is 4.98 Å². The molecule has 2 aromatic rings. The molecule has 0 spiro atoms. The van der Waals surface area contributed by atoms with Crippen molar-refractivity contribution in [2.24, 2.45) is 0 Å². The SMILES string of the molecule is CC[C@@H]1CN(C(=O)c2coc(COc3ccc4c(c3)OCO4)n2)CCO1. The number of hydrogen-bond acceptors (Lipinski definition) is 7. The summed E-state index contributed by atoms with van der Waals surface area (Å²) < 4.78 is 27.2. The van der Waals surface area contributed by atoms with Crippen molar-refractivity contribution in [3.05, 3.63) is 36.0 Å². The molecule has 0 aliphatic carbocycles. The van der Waals surface area contributed by atoms with Crippen LogP contribution in [-0.2, 0) is 11.3 Å². The zero-order valence-electron chi connectivity index (χ0n) is 14.5. The molecule has 1 aromatic carbocycles. The summed E-state index contributed by atoms with van der Waals surface area (Å²) >= 11 is 0. The zero-order valence-corrected chi connectivity index (χ0v) is 14.5. The lowest BCUT2D eigenvalue weighted by Gasteiger charge is -2.31. The third-order valence-electron chi connectivity index (χ3n) is 4.36. The number of carbonyl (C=O) groups excluding carboxylic acids is 1. The molecule has 8 nitrogen and oxygen atoms in total. The summed E-state index contributed by atoms with van der Waals surface area (Å²) in [5, 5.41) is 0. The lowest BCUT2D eigenvalue weighted by molar-refractivity contribution is -0.0228. The van der Waals surface area contributed by atoms with Crippen molar-refractivity contribution in [2.45, 2.75) is 26.1 Å². The number of hydrogen-bond donors (Lipinski definition) is 0. The molecule has 0 unspecified atom stereocenters. The van der Waals surface area contributed by atoms with Crippen molar-refractivity contribution < 1.29 is 28.2 Å². The second-order valence-corrected chi connectivity index (χ2v) is 6.08. The number of morpholine rings is 1. The smallest absolute Gasteiger partial charge is 0.275 e. The first-order valence-electron chi connectivity index (χ1n) is 8.60. The van der Waals surface area contributed by atoms with E-state index in [4.69, 9.17) is 23.4 Å². The van der Waals surface area contributed by atoms with Crippen LogP contribution in [0.5, 0.6) is 17.2 Å². The predicted octanol–water partition coefficient (Wildman–Crippen LogP) is 2.23. The van der Waals surface area contributed by atoms with Crippen LogP contribution in [0.1, 0.15) is 29.7 Å². The number of benzene rings is 1. The number of rotatable bonds is 5. The van der Waals surface area contributed by atoms with Crippen LogP contribution in [0.15, 0.2) is 28.9 Å². The summed E-state index contributed by atoms with van der Waals surface area (Å²) in [7, 11) is 0. The van der Waals surface area contributed by atoms with Crippen LogP contribution < -0.4 is 14.2 Å². The molecule has 1 amide bonds. The molecule has 0 radical (unpaired) electrons. The topological polar surface area (TPSA) is 83.3 Å². The first-order chi connectivity index (χ1) is 12.7. The van der Waals surface area contributed by atoms with E-state index in [1.807, 2.05) is 6.92 Å². The first kappa shape index (κ1) is 16.7. The van der Waals surface area contributed by atoms with Crippen molar-refractivity contribution >= 4 is 5.91 Å². The number of amides is 1. The van der Waals surface area contributed by atoms with E-state index in [-0.39, 0.29) is 31.1 Å². The zero-order chi connectivity index (χ0) is 17.9. The Morgan fingerprint density at radius 1 is 1.35 bits per heavy atom. The normalized spacial score (nSPS) is 18.8. The van der Waals surface area contributed by atoms with Gasteiger partial charge in [-0.1, -0.05) is 6.92 Å². The van der Waals surface area contributed by atoms with Gasteiger partial charge in [0.1, 0.15) is 12.0 Å². The lowest BCUT2D eigenvalue weighted by atomic mass is 10.2. The first-order valence-corrected chi connectivity index (χ1v) is 8.60. The molecule has 1 saturated heterocycles. The number of ether oxygens (including phenoxy) is 4. The summed E-state index contributed by atoms with van der Waals surface area (Å²) in [6.07, 6.45) is 2.32. The third-order valence-corrected chi connectivity index (χ3v) is 4.36. The fourth-order valence-electron chi connectivity index (χ4n) is 2.90. The van der Waals surface area contributed by atoms with Gasteiger partial charge in [0.2, 0.25) is 12.7 Å². The van der Waals surface area contributed by atoms with Gasteiger partial charge in [-0.25, -0.2) is 4.98 Å². The highest BCUT2D eigenvalue weighted by Crippen LogP contribution is 2.35. The highest BCUT2D eigenvalue weighted by molar-refractivity contribution is 5.92. The molecule has 138 valence electrons. The average molecular weight is 360 g/mol. The van der Waals surface area contributed by atoms with Crippen LogP contribution in [0.25, 0.3) is 0 Å². The fourth-order valence-corrected chi connectivity index (χ4v) is 2.90. The minimum Gasteiger partial charge on any atom is -0.484 e. The standard InChI is InChI=1S/C18H20N2O6/c1-2-12-8-20(5-6-22-12)18(21)14-9-24-17(19-14)10-23-13-3-4-15-16(7-13)26-11-25-15/h3-4,7,9,12H,2,5-6,8,10-11H2,1H3/t12-/m1/s1. The molecule has 0 N–H and O–H groups in total. The maximum Gasteiger partial charge on any atom is 0.275 e. The number of nitrogens with zero attached hydrogens (tertiary/aromatic N) is 2. The second kappa shape index (κ2) is 7.25. The molecule has 2 aliphatic rings. The molecular formula is C18H20N2O6. The Hall–Kier alpha value is -2.74. The van der Waals surface area contributed by atoms with E-state index in [1.165, 1.54) is 6.26 Å². The summed E-state index contributed by atoms with van der Waals surface area (Å²) in [5.41, 5.74) is 0.283. The van der Waals surface area contributed by atoms with E-state index in [9.17, 15) is 4.79 Å². The van der Waals surface area contributed by atoms with Gasteiger partial charge in [0.25, 0.3) is 5.91 Å². The van der Waals surface area contributed by atoms with Gasteiger partial charge in [-0.05, 0) is 18.6 Å². The van der Waals surface area contributed by atoms with Gasteiger partial charge in [-0.15, -0.1) is 0 Å². The maximum absolute atomic E-state index is 12.6. The molecule has 2 aliphatic heterocycles. The Balaban J connectivity index is 1.36. The molecule has 1 fully saturated rings. The average Bonchev–Trinajstić information content (AvgIpc) is 3.34. The van der Waals surface area contributed by atoms with Gasteiger partial charge >= 0.3 is 0 Å². The quantitative estimate of drug-likeness (QED) is 0.808. The van der Waals surface area contributed by atoms with Crippen molar-refractivity contribution in [2.75, 3.05) is 26.5 Å². The summed E-state index contributed by atoms with van der Waals surface area (Å²) in [4.78, 5) is 18.5. The van der Waals surface area contributed by atoms with Crippen LogP contribution in [0.4, 0.5) is 0 Å². The second-order valence-electron chi connectivity index (χ2n) is 6.08. The number of oxazole rings is 1. The van der Waals surface area contributed by atoms with Crippen molar-refractivity contribution in [1.29, 1.82) is 0 Å². The van der Waals surface area contributed by atoms with Crippen molar-refractivity contribution in [3.8, 4) is 17.2 Å². The van der Waals surface area contributed by atoms with E-state index < -0.39 is 0 Å². The van der Waals surface area contributed by atoms with Crippen molar-refractivity contribution in [3.63, 3.8) is 0 Å². The Morgan fingerprint density at radius 3 is 3.12 bits per heavy atom. The Morgan fingerprint density at radius 2 is 2.23 bits per heavy atom. The van der Waals surface area contributed by atoms with Gasteiger partial charge in [-0.2, -0.15) is 0 Å². The van der Waals surface area contributed by atoms with Gasteiger partial charge in [0, 0.05) is 19.2 Å². The lowest BCUT2D eigenvalue weighted by Crippen LogP contribution is -2.45. The summed E-state index contributed by atoms with van der Waals surface area (Å²) in [6.45, 7) is 4.05. The van der Waals surface area contributed by atoms with Crippen molar-refractivity contribution in [1.82, 2.24) is 9.88 Å². The van der Waals surface area contributed by atoms with E-state index in [0.717, 1.165) is 6.42 Å². The van der Waals surface area contributed by atoms with Crippen LogP contribution in [-0.4, -0.2) is 48.4 Å². The van der Waals surface area contributed by atoms with Crippen LogP contribution in [0.3, 0.4) is 0 Å². The molecular weight excluding hydrogens is 340 g/mol. The van der Waals surface area contributed by atoms with Gasteiger partial charge in [0.15, 0.2) is 23.8 Å². The highest BCUT2D eigenvalue weighted by Gasteiger charge is 2.26. The van der Waals surface area contributed by atoms with Crippen LogP contribution in [0.2, 0.25) is 0 Å². The Bertz CT molecular complexity index is 790. The number of fused-ring (bicyclic) bond motifs is 1. The molecule has 1 aromatic heterocycles. The molecule has 1 atom stereocenters. The van der Waals surface area contributed by atoms with E-state index >= 15 is 0 Å².